The molecule has 2 nitrogen and oxygen atoms in total. The minimum absolute atomic E-state index is 0.355. The van der Waals surface area contributed by atoms with Crippen LogP contribution in [-0.2, 0) is 4.79 Å². The van der Waals surface area contributed by atoms with Crippen LogP contribution in [0.4, 0.5) is 0 Å². The lowest BCUT2D eigenvalue weighted by Crippen LogP contribution is -2.36. The highest BCUT2D eigenvalue weighted by Gasteiger charge is 2.26. The third kappa shape index (κ3) is 5.00. The second kappa shape index (κ2) is 9.68. The van der Waals surface area contributed by atoms with E-state index in [-0.39, 0.29) is 0 Å². The lowest BCUT2D eigenvalue weighted by Gasteiger charge is -2.24. The Morgan fingerprint density at radius 3 is 1.88 bits per heavy atom. The summed E-state index contributed by atoms with van der Waals surface area (Å²) in [6.07, 6.45) is 6.92. The van der Waals surface area contributed by atoms with Crippen molar-refractivity contribution in [2.45, 2.75) is 66.2 Å². The molecule has 96 valence electrons. The Hall–Kier alpha value is -0.530. The van der Waals surface area contributed by atoms with Crippen LogP contribution in [0.1, 0.15) is 66.2 Å². The van der Waals surface area contributed by atoms with Gasteiger partial charge in [0.25, 0.3) is 0 Å². The minimum atomic E-state index is 0.355. The van der Waals surface area contributed by atoms with Gasteiger partial charge in [-0.05, 0) is 25.7 Å². The first-order chi connectivity index (χ1) is 7.79. The molecule has 0 aliphatic heterocycles. The molecular formula is C14H29NO. The van der Waals surface area contributed by atoms with Crippen LogP contribution in [0, 0.1) is 5.92 Å². The zero-order chi connectivity index (χ0) is 12.4. The molecular weight excluding hydrogens is 198 g/mol. The van der Waals surface area contributed by atoms with Crippen LogP contribution in [0.3, 0.4) is 0 Å². The number of hydrogen-bond acceptors (Lipinski definition) is 1. The summed E-state index contributed by atoms with van der Waals surface area (Å²) in [7, 11) is 0. The average Bonchev–Trinajstić information content (AvgIpc) is 2.84. The van der Waals surface area contributed by atoms with Gasteiger partial charge in [-0.15, -0.1) is 0 Å². The summed E-state index contributed by atoms with van der Waals surface area (Å²) in [6, 6.07) is 0. The highest BCUT2D eigenvalue weighted by atomic mass is 16.2. The molecule has 1 aliphatic rings. The van der Waals surface area contributed by atoms with Gasteiger partial charge in [0.2, 0.25) is 5.91 Å². The number of rotatable bonds is 5. The third-order valence-corrected chi connectivity index (χ3v) is 3.00. The molecule has 16 heavy (non-hydrogen) atoms. The van der Waals surface area contributed by atoms with Gasteiger partial charge in [0.05, 0.1) is 0 Å². The van der Waals surface area contributed by atoms with E-state index in [2.05, 4.69) is 18.7 Å². The maximum absolute atomic E-state index is 12.1. The lowest BCUT2D eigenvalue weighted by atomic mass is 10.1. The van der Waals surface area contributed by atoms with Crippen molar-refractivity contribution in [2.75, 3.05) is 13.1 Å². The SMILES string of the molecule is CC.CCCN(CCC)C(=O)C1CCCC1. The van der Waals surface area contributed by atoms with Crippen molar-refractivity contribution < 1.29 is 4.79 Å². The molecule has 1 aliphatic carbocycles. The van der Waals surface area contributed by atoms with Crippen LogP contribution in [0.2, 0.25) is 0 Å². The maximum Gasteiger partial charge on any atom is 0.225 e. The molecule has 1 fully saturated rings. The van der Waals surface area contributed by atoms with Crippen molar-refractivity contribution in [1.29, 1.82) is 0 Å². The van der Waals surface area contributed by atoms with Crippen molar-refractivity contribution >= 4 is 5.91 Å². The number of hydrogen-bond donors (Lipinski definition) is 0. The van der Waals surface area contributed by atoms with E-state index in [1.807, 2.05) is 13.8 Å². The second-order valence-corrected chi connectivity index (χ2v) is 4.31. The molecule has 0 aromatic heterocycles. The smallest absolute Gasteiger partial charge is 0.225 e. The molecule has 0 atom stereocenters. The first-order valence-electron chi connectivity index (χ1n) is 7.08. The van der Waals surface area contributed by atoms with E-state index in [1.165, 1.54) is 12.8 Å². The first-order valence-corrected chi connectivity index (χ1v) is 7.08. The predicted molar refractivity (Wildman–Crippen MR) is 70.5 cm³/mol. The van der Waals surface area contributed by atoms with Gasteiger partial charge in [-0.3, -0.25) is 4.79 Å². The van der Waals surface area contributed by atoms with Gasteiger partial charge in [0.1, 0.15) is 0 Å². The molecule has 0 aromatic carbocycles. The Labute approximate surface area is 101 Å². The van der Waals surface area contributed by atoms with Crippen LogP contribution in [0.15, 0.2) is 0 Å². The molecule has 1 rings (SSSR count). The Morgan fingerprint density at radius 2 is 1.50 bits per heavy atom. The Balaban J connectivity index is 0.00000106. The number of carbonyl (C=O) groups is 1. The van der Waals surface area contributed by atoms with Crippen LogP contribution < -0.4 is 0 Å². The largest absolute Gasteiger partial charge is 0.342 e. The highest BCUT2D eigenvalue weighted by molar-refractivity contribution is 5.79. The summed E-state index contributed by atoms with van der Waals surface area (Å²) < 4.78 is 0. The zero-order valence-corrected chi connectivity index (χ0v) is 11.6. The van der Waals surface area contributed by atoms with E-state index in [0.29, 0.717) is 11.8 Å². The fourth-order valence-electron chi connectivity index (χ4n) is 2.30. The minimum Gasteiger partial charge on any atom is -0.342 e. The normalized spacial score (nSPS) is 15.5. The van der Waals surface area contributed by atoms with Crippen molar-refractivity contribution in [3.63, 3.8) is 0 Å². The Morgan fingerprint density at radius 1 is 1.06 bits per heavy atom. The van der Waals surface area contributed by atoms with Gasteiger partial charge in [0.15, 0.2) is 0 Å². The van der Waals surface area contributed by atoms with Crippen molar-refractivity contribution in [3.05, 3.63) is 0 Å². The van der Waals surface area contributed by atoms with Crippen molar-refractivity contribution in [3.8, 4) is 0 Å². The van der Waals surface area contributed by atoms with Crippen LogP contribution in [-0.4, -0.2) is 23.9 Å². The maximum atomic E-state index is 12.1. The molecule has 1 saturated carbocycles. The quantitative estimate of drug-likeness (QED) is 0.698. The fraction of sp³-hybridized carbons (Fsp3) is 0.929. The molecule has 0 unspecified atom stereocenters. The molecule has 1 amide bonds. The van der Waals surface area contributed by atoms with E-state index < -0.39 is 0 Å². The Bertz CT molecular complexity index is 168. The summed E-state index contributed by atoms with van der Waals surface area (Å²) >= 11 is 0. The topological polar surface area (TPSA) is 20.3 Å². The summed E-state index contributed by atoms with van der Waals surface area (Å²) in [4.78, 5) is 14.1. The van der Waals surface area contributed by atoms with Gasteiger partial charge in [0, 0.05) is 19.0 Å². The van der Waals surface area contributed by atoms with Gasteiger partial charge in [-0.2, -0.15) is 0 Å². The highest BCUT2D eigenvalue weighted by Crippen LogP contribution is 2.26. The molecule has 0 aromatic rings. The van der Waals surface area contributed by atoms with E-state index in [0.717, 1.165) is 38.8 Å². The van der Waals surface area contributed by atoms with E-state index in [1.54, 1.807) is 0 Å². The van der Waals surface area contributed by atoms with Crippen molar-refractivity contribution in [2.24, 2.45) is 5.92 Å². The standard InChI is InChI=1S/C12H23NO.C2H6/c1-3-9-13(10-4-2)12(14)11-7-5-6-8-11;1-2/h11H,3-10H2,1-2H3;1-2H3. The fourth-order valence-corrected chi connectivity index (χ4v) is 2.30. The number of carbonyl (C=O) groups excluding carboxylic acids is 1. The van der Waals surface area contributed by atoms with Gasteiger partial charge in [-0.1, -0.05) is 40.5 Å². The molecule has 0 radical (unpaired) electrons. The summed E-state index contributed by atoms with van der Waals surface area (Å²) in [5.74, 6) is 0.777. The van der Waals surface area contributed by atoms with Gasteiger partial charge < -0.3 is 4.90 Å². The lowest BCUT2D eigenvalue weighted by molar-refractivity contribution is -0.135. The summed E-state index contributed by atoms with van der Waals surface area (Å²) in [6.45, 7) is 10.2. The first kappa shape index (κ1) is 15.5. The van der Waals surface area contributed by atoms with Crippen molar-refractivity contribution in [1.82, 2.24) is 4.90 Å². The molecule has 0 spiro atoms. The van der Waals surface area contributed by atoms with E-state index in [9.17, 15) is 4.79 Å². The Kier molecular flexibility index (Phi) is 9.36. The van der Waals surface area contributed by atoms with E-state index in [4.69, 9.17) is 0 Å². The third-order valence-electron chi connectivity index (χ3n) is 3.00. The van der Waals surface area contributed by atoms with E-state index >= 15 is 0 Å². The molecule has 0 heterocycles. The van der Waals surface area contributed by atoms with Crippen LogP contribution in [0.5, 0.6) is 0 Å². The molecule has 0 bridgehead atoms. The average molecular weight is 227 g/mol. The molecule has 0 N–H and O–H groups in total. The molecule has 0 saturated heterocycles. The summed E-state index contributed by atoms with van der Waals surface area (Å²) in [5, 5.41) is 0. The van der Waals surface area contributed by atoms with Gasteiger partial charge in [-0.25, -0.2) is 0 Å². The van der Waals surface area contributed by atoms with Crippen LogP contribution in [0.25, 0.3) is 0 Å². The molecule has 2 heteroatoms. The summed E-state index contributed by atoms with van der Waals surface area (Å²) in [5.41, 5.74) is 0. The second-order valence-electron chi connectivity index (χ2n) is 4.31. The predicted octanol–water partition coefficient (Wildman–Crippen LogP) is 3.85. The number of amides is 1. The monoisotopic (exact) mass is 227 g/mol. The zero-order valence-electron chi connectivity index (χ0n) is 11.6. The van der Waals surface area contributed by atoms with Gasteiger partial charge >= 0.3 is 0 Å². The van der Waals surface area contributed by atoms with Crippen LogP contribution >= 0.6 is 0 Å². The number of nitrogens with zero attached hydrogens (tertiary/aromatic N) is 1.